The van der Waals surface area contributed by atoms with Crippen molar-refractivity contribution >= 4 is 5.78 Å². The van der Waals surface area contributed by atoms with Crippen LogP contribution in [0.1, 0.15) is 27.7 Å². The third-order valence-corrected chi connectivity index (χ3v) is 1.48. The molecule has 0 aliphatic rings. The van der Waals surface area contributed by atoms with Gasteiger partial charge in [0.05, 0.1) is 5.60 Å². The van der Waals surface area contributed by atoms with Crippen molar-refractivity contribution in [2.75, 3.05) is 20.6 Å². The van der Waals surface area contributed by atoms with E-state index in [1.807, 2.05) is 39.8 Å². The van der Waals surface area contributed by atoms with E-state index in [9.17, 15) is 4.79 Å². The van der Waals surface area contributed by atoms with E-state index in [1.54, 1.807) is 6.92 Å². The molecule has 0 amide bonds. The molecular weight excluding hydrogens is 166 g/mol. The highest BCUT2D eigenvalue weighted by Gasteiger charge is 2.22. The molecule has 0 rings (SSSR count). The van der Waals surface area contributed by atoms with Crippen molar-refractivity contribution in [3.63, 3.8) is 0 Å². The van der Waals surface area contributed by atoms with Crippen molar-refractivity contribution in [1.29, 1.82) is 0 Å². The molecule has 0 spiro atoms. The number of carbonyl (C=O) groups is 1. The minimum Gasteiger partial charge on any atom is -0.364 e. The smallest absolute Gasteiger partial charge is 0.159 e. The molecule has 0 aromatic heterocycles. The lowest BCUT2D eigenvalue weighted by Crippen LogP contribution is -2.39. The second-order valence-corrected chi connectivity index (χ2v) is 4.59. The number of ether oxygens (including phenoxy) is 1. The maximum absolute atomic E-state index is 11.2. The number of likely N-dealkylation sites (N-methyl/N-ethyl adjacent to an activating group) is 1. The van der Waals surface area contributed by atoms with Crippen LogP contribution in [0.4, 0.5) is 0 Å². The average molecular weight is 187 g/mol. The summed E-state index contributed by atoms with van der Waals surface area (Å²) in [6.45, 7) is 8.09. The lowest BCUT2D eigenvalue weighted by atomic mass is 10.1. The number of carbonyl (C=O) groups excluding carboxylic acids is 1. The Kier molecular flexibility index (Phi) is 4.57. The Morgan fingerprint density at radius 2 is 1.85 bits per heavy atom. The first-order valence-corrected chi connectivity index (χ1v) is 4.55. The first-order chi connectivity index (χ1) is 5.72. The summed E-state index contributed by atoms with van der Waals surface area (Å²) < 4.78 is 5.62. The number of hydrogen-bond acceptors (Lipinski definition) is 3. The van der Waals surface area contributed by atoms with Gasteiger partial charge in [-0.1, -0.05) is 0 Å². The first kappa shape index (κ1) is 12.6. The third kappa shape index (κ3) is 6.72. The summed E-state index contributed by atoms with van der Waals surface area (Å²) in [5.41, 5.74) is -0.258. The molecule has 3 heteroatoms. The van der Waals surface area contributed by atoms with Crippen molar-refractivity contribution in [3.05, 3.63) is 0 Å². The largest absolute Gasteiger partial charge is 0.364 e. The molecule has 0 fully saturated rings. The van der Waals surface area contributed by atoms with Crippen molar-refractivity contribution in [1.82, 2.24) is 4.90 Å². The van der Waals surface area contributed by atoms with Gasteiger partial charge in [-0.2, -0.15) is 0 Å². The Labute approximate surface area is 81.1 Å². The van der Waals surface area contributed by atoms with Gasteiger partial charge in [-0.25, -0.2) is 0 Å². The molecule has 0 aliphatic heterocycles. The van der Waals surface area contributed by atoms with Gasteiger partial charge in [-0.3, -0.25) is 4.79 Å². The predicted octanol–water partition coefficient (Wildman–Crippen LogP) is 1.32. The summed E-state index contributed by atoms with van der Waals surface area (Å²) in [5, 5.41) is 0. The van der Waals surface area contributed by atoms with Crippen LogP contribution in [0.5, 0.6) is 0 Å². The monoisotopic (exact) mass is 187 g/mol. The minimum absolute atomic E-state index is 0.0867. The fourth-order valence-corrected chi connectivity index (χ4v) is 1.01. The van der Waals surface area contributed by atoms with Crippen LogP contribution in [0.2, 0.25) is 0 Å². The Morgan fingerprint density at radius 1 is 1.38 bits per heavy atom. The molecule has 1 atom stereocenters. The third-order valence-electron chi connectivity index (χ3n) is 1.48. The molecule has 3 nitrogen and oxygen atoms in total. The van der Waals surface area contributed by atoms with Crippen molar-refractivity contribution in [2.45, 2.75) is 39.4 Å². The highest BCUT2D eigenvalue weighted by Crippen LogP contribution is 2.11. The average Bonchev–Trinajstić information content (AvgIpc) is 1.81. The van der Waals surface area contributed by atoms with Crippen LogP contribution >= 0.6 is 0 Å². The Morgan fingerprint density at radius 3 is 2.08 bits per heavy atom. The highest BCUT2D eigenvalue weighted by molar-refractivity contribution is 5.80. The van der Waals surface area contributed by atoms with Crippen LogP contribution in [-0.4, -0.2) is 43.0 Å². The zero-order valence-electron chi connectivity index (χ0n) is 9.55. The van der Waals surface area contributed by atoms with E-state index in [1.165, 1.54) is 0 Å². The highest BCUT2D eigenvalue weighted by atomic mass is 16.5. The number of nitrogens with zero attached hydrogens (tertiary/aromatic N) is 1. The van der Waals surface area contributed by atoms with Crippen molar-refractivity contribution in [2.24, 2.45) is 0 Å². The second kappa shape index (κ2) is 4.72. The van der Waals surface area contributed by atoms with Gasteiger partial charge < -0.3 is 9.64 Å². The fourth-order valence-electron chi connectivity index (χ4n) is 1.01. The molecule has 0 saturated carbocycles. The van der Waals surface area contributed by atoms with Crippen LogP contribution in [-0.2, 0) is 9.53 Å². The SMILES string of the molecule is CC(=O)C(CN(C)C)OC(C)(C)C. The summed E-state index contributed by atoms with van der Waals surface area (Å²) in [7, 11) is 3.86. The molecule has 78 valence electrons. The minimum atomic E-state index is -0.310. The van der Waals surface area contributed by atoms with Crippen molar-refractivity contribution in [3.8, 4) is 0 Å². The summed E-state index contributed by atoms with van der Waals surface area (Å²) in [4.78, 5) is 13.2. The van der Waals surface area contributed by atoms with Gasteiger partial charge in [0, 0.05) is 6.54 Å². The van der Waals surface area contributed by atoms with Crippen LogP contribution in [0.15, 0.2) is 0 Å². The fraction of sp³-hybridized carbons (Fsp3) is 0.900. The molecular formula is C10H21NO2. The normalized spacial score (nSPS) is 14.7. The van der Waals surface area contributed by atoms with Gasteiger partial charge in [-0.15, -0.1) is 0 Å². The lowest BCUT2D eigenvalue weighted by molar-refractivity contribution is -0.139. The van der Waals surface area contributed by atoms with Gasteiger partial charge in [0.2, 0.25) is 0 Å². The number of rotatable bonds is 4. The molecule has 0 radical (unpaired) electrons. The first-order valence-electron chi connectivity index (χ1n) is 4.55. The molecule has 0 heterocycles. The predicted molar refractivity (Wildman–Crippen MR) is 53.9 cm³/mol. The summed E-state index contributed by atoms with van der Waals surface area (Å²) >= 11 is 0. The molecule has 0 N–H and O–H groups in total. The van der Waals surface area contributed by atoms with Crippen LogP contribution in [0, 0.1) is 0 Å². The molecule has 0 aliphatic carbocycles. The molecule has 0 aromatic carbocycles. The van der Waals surface area contributed by atoms with Crippen molar-refractivity contribution < 1.29 is 9.53 Å². The zero-order valence-corrected chi connectivity index (χ0v) is 9.55. The standard InChI is InChI=1S/C10H21NO2/c1-8(12)9(7-11(5)6)13-10(2,3)4/h9H,7H2,1-6H3. The topological polar surface area (TPSA) is 29.5 Å². The van der Waals surface area contributed by atoms with Gasteiger partial charge in [0.15, 0.2) is 5.78 Å². The van der Waals surface area contributed by atoms with Crippen LogP contribution in [0.3, 0.4) is 0 Å². The number of ketones is 1. The number of Topliss-reactive ketones (excluding diaryl/α,β-unsaturated/α-hetero) is 1. The summed E-state index contributed by atoms with van der Waals surface area (Å²) in [6.07, 6.45) is -0.310. The molecule has 1 unspecified atom stereocenters. The van der Waals surface area contributed by atoms with E-state index in [-0.39, 0.29) is 17.5 Å². The summed E-state index contributed by atoms with van der Waals surface area (Å²) in [6, 6.07) is 0. The molecule has 0 aromatic rings. The Bertz CT molecular complexity index is 170. The van der Waals surface area contributed by atoms with E-state index in [2.05, 4.69) is 0 Å². The van der Waals surface area contributed by atoms with E-state index in [0.29, 0.717) is 6.54 Å². The van der Waals surface area contributed by atoms with Gasteiger partial charge >= 0.3 is 0 Å². The van der Waals surface area contributed by atoms with Gasteiger partial charge in [0.1, 0.15) is 6.10 Å². The number of hydrogen-bond donors (Lipinski definition) is 0. The quantitative estimate of drug-likeness (QED) is 0.665. The summed E-state index contributed by atoms with van der Waals surface area (Å²) in [5.74, 6) is 0.0867. The maximum Gasteiger partial charge on any atom is 0.159 e. The zero-order chi connectivity index (χ0) is 10.6. The van der Waals surface area contributed by atoms with Crippen LogP contribution in [0.25, 0.3) is 0 Å². The molecule has 0 saturated heterocycles. The van der Waals surface area contributed by atoms with E-state index in [0.717, 1.165) is 0 Å². The molecule has 13 heavy (non-hydrogen) atoms. The molecule has 0 bridgehead atoms. The maximum atomic E-state index is 11.2. The Balaban J connectivity index is 4.19. The van der Waals surface area contributed by atoms with E-state index in [4.69, 9.17) is 4.74 Å². The van der Waals surface area contributed by atoms with Gasteiger partial charge in [-0.05, 0) is 41.8 Å². The van der Waals surface area contributed by atoms with Crippen LogP contribution < -0.4 is 0 Å². The second-order valence-electron chi connectivity index (χ2n) is 4.59. The Hall–Kier alpha value is -0.410. The lowest BCUT2D eigenvalue weighted by Gasteiger charge is -2.27. The van der Waals surface area contributed by atoms with Gasteiger partial charge in [0.25, 0.3) is 0 Å². The van der Waals surface area contributed by atoms with E-state index < -0.39 is 0 Å². The van der Waals surface area contributed by atoms with E-state index >= 15 is 0 Å².